The number of hydrogen-bond acceptors (Lipinski definition) is 13. The van der Waals surface area contributed by atoms with Gasteiger partial charge in [-0.25, -0.2) is 9.97 Å². The van der Waals surface area contributed by atoms with E-state index in [4.69, 9.17) is 19.2 Å². The third-order valence-electron chi connectivity index (χ3n) is 9.21. The van der Waals surface area contributed by atoms with Crippen molar-refractivity contribution in [3.8, 4) is 11.5 Å². The molecule has 2 N–H and O–H groups in total. The van der Waals surface area contributed by atoms with Gasteiger partial charge in [0, 0.05) is 49.7 Å². The number of hydrogen-bond donors (Lipinski definition) is 2. The van der Waals surface area contributed by atoms with Crippen LogP contribution in [0.25, 0.3) is 0 Å². The molecule has 46 heavy (non-hydrogen) atoms. The zero-order valence-corrected chi connectivity index (χ0v) is 27.3. The van der Waals surface area contributed by atoms with Gasteiger partial charge in [-0.05, 0) is 56.5 Å². The summed E-state index contributed by atoms with van der Waals surface area (Å²) in [7, 11) is 0. The highest BCUT2D eigenvalue weighted by atomic mass is 32.1. The molecule has 3 aromatic rings. The van der Waals surface area contributed by atoms with Gasteiger partial charge in [0.05, 0.1) is 23.6 Å². The molecule has 4 aliphatic rings. The van der Waals surface area contributed by atoms with Crippen molar-refractivity contribution in [1.82, 2.24) is 20.2 Å². The first-order valence-electron chi connectivity index (χ1n) is 16.1. The summed E-state index contributed by atoms with van der Waals surface area (Å²) in [4.78, 5) is 41.9. The fraction of sp³-hybridized carbons (Fsp3) is 0.562. The molecule has 0 saturated carbocycles. The molecule has 2 aromatic heterocycles. The van der Waals surface area contributed by atoms with E-state index in [2.05, 4.69) is 25.0 Å². The smallest absolute Gasteiger partial charge is 0.311 e. The first-order valence-corrected chi connectivity index (χ1v) is 17.9. The molecule has 4 aliphatic heterocycles. The lowest BCUT2D eigenvalue weighted by molar-refractivity contribution is -0.149. The van der Waals surface area contributed by atoms with E-state index in [-0.39, 0.29) is 30.3 Å². The van der Waals surface area contributed by atoms with Crippen LogP contribution in [0.1, 0.15) is 43.0 Å². The number of ether oxygens (including phenoxy) is 3. The molecular formula is C32H40N6O6S2. The summed E-state index contributed by atoms with van der Waals surface area (Å²) in [6, 6.07) is 5.03. The Kier molecular flexibility index (Phi) is 9.56. The van der Waals surface area contributed by atoms with Gasteiger partial charge in [0.1, 0.15) is 25.9 Å². The third kappa shape index (κ3) is 7.09. The Morgan fingerprint density at radius 3 is 2.57 bits per heavy atom. The molecule has 3 fully saturated rings. The Labute approximate surface area is 276 Å². The van der Waals surface area contributed by atoms with Crippen molar-refractivity contribution in [2.45, 2.75) is 44.4 Å². The Balaban J connectivity index is 0.925. The van der Waals surface area contributed by atoms with E-state index < -0.39 is 12.1 Å². The zero-order chi connectivity index (χ0) is 31.5. The minimum Gasteiger partial charge on any atom is -0.486 e. The SMILES string of the molecule is O=C(NC(CN1CCCC1)C(O)c1ccc2c(c1)OCCO2)C1CCN(c2nc(COC(=O)C3CCN(c4nccs4)C3)cs2)C1. The average molecular weight is 669 g/mol. The van der Waals surface area contributed by atoms with Gasteiger partial charge in [0.25, 0.3) is 0 Å². The van der Waals surface area contributed by atoms with E-state index >= 15 is 0 Å². The van der Waals surface area contributed by atoms with Crippen LogP contribution in [0, 0.1) is 11.8 Å². The van der Waals surface area contributed by atoms with Gasteiger partial charge in [-0.2, -0.15) is 0 Å². The predicted molar refractivity (Wildman–Crippen MR) is 175 cm³/mol. The van der Waals surface area contributed by atoms with E-state index in [1.807, 2.05) is 29.0 Å². The Morgan fingerprint density at radius 1 is 1.00 bits per heavy atom. The number of aliphatic hydroxyl groups is 1. The lowest BCUT2D eigenvalue weighted by atomic mass is 9.99. The number of carbonyl (C=O) groups excluding carboxylic acids is 2. The number of benzene rings is 1. The lowest BCUT2D eigenvalue weighted by Gasteiger charge is -2.30. The van der Waals surface area contributed by atoms with Crippen LogP contribution in [0.15, 0.2) is 35.2 Å². The highest BCUT2D eigenvalue weighted by Gasteiger charge is 2.35. The maximum Gasteiger partial charge on any atom is 0.311 e. The second kappa shape index (κ2) is 14.1. The standard InChI is InChI=1S/C32H40N6O6S2/c39-28(21-3-4-26-27(15-21)43-13-12-42-26)25(18-36-8-1-2-9-36)35-29(40)22-5-10-38(16-22)32-34-24(20-46-32)19-44-30(41)23-6-11-37(17-23)31-33-7-14-45-31/h3-4,7,14-15,20,22-23,25,28,39H,1-2,5-6,8-13,16-19H2,(H,35,40). The Hall–Kier alpha value is -3.46. The van der Waals surface area contributed by atoms with Crippen molar-refractivity contribution in [2.75, 3.05) is 68.8 Å². The van der Waals surface area contributed by atoms with Crippen LogP contribution < -0.4 is 24.6 Å². The number of rotatable bonds is 11. The number of aromatic nitrogens is 2. The predicted octanol–water partition coefficient (Wildman–Crippen LogP) is 3.08. The third-order valence-corrected chi connectivity index (χ3v) is 11.0. The minimum absolute atomic E-state index is 0.0580. The summed E-state index contributed by atoms with van der Waals surface area (Å²) < 4.78 is 17.0. The molecule has 0 aliphatic carbocycles. The van der Waals surface area contributed by atoms with Crippen molar-refractivity contribution in [1.29, 1.82) is 0 Å². The first-order chi connectivity index (χ1) is 22.5. The first kappa shape index (κ1) is 31.2. The summed E-state index contributed by atoms with van der Waals surface area (Å²) in [5.74, 6) is 0.648. The van der Waals surface area contributed by atoms with Crippen LogP contribution >= 0.6 is 22.7 Å². The van der Waals surface area contributed by atoms with E-state index in [1.54, 1.807) is 17.5 Å². The number of fused-ring (bicyclic) bond motifs is 1. The molecule has 0 bridgehead atoms. The van der Waals surface area contributed by atoms with Gasteiger partial charge in [-0.15, -0.1) is 22.7 Å². The van der Waals surface area contributed by atoms with Crippen LogP contribution in [0.2, 0.25) is 0 Å². The molecular weight excluding hydrogens is 629 g/mol. The summed E-state index contributed by atoms with van der Waals surface area (Å²) >= 11 is 3.08. The number of carbonyl (C=O) groups is 2. The van der Waals surface area contributed by atoms with Gasteiger partial charge in [-0.1, -0.05) is 6.07 Å². The normalized spacial score (nSPS) is 22.6. The van der Waals surface area contributed by atoms with Crippen LogP contribution in [0.3, 0.4) is 0 Å². The van der Waals surface area contributed by atoms with Gasteiger partial charge < -0.3 is 39.3 Å². The Morgan fingerprint density at radius 2 is 1.76 bits per heavy atom. The molecule has 4 atom stereocenters. The zero-order valence-electron chi connectivity index (χ0n) is 25.7. The van der Waals surface area contributed by atoms with Gasteiger partial charge in [0.2, 0.25) is 5.91 Å². The van der Waals surface area contributed by atoms with E-state index in [9.17, 15) is 14.7 Å². The molecule has 14 heteroatoms. The summed E-state index contributed by atoms with van der Waals surface area (Å²) in [5.41, 5.74) is 1.41. The number of thiazole rings is 2. The summed E-state index contributed by atoms with van der Waals surface area (Å²) in [6.45, 7) is 6.29. The van der Waals surface area contributed by atoms with Crippen molar-refractivity contribution in [3.05, 3.63) is 46.4 Å². The number of nitrogens with one attached hydrogen (secondary N) is 1. The van der Waals surface area contributed by atoms with Crippen molar-refractivity contribution < 1.29 is 28.9 Å². The van der Waals surface area contributed by atoms with E-state index in [0.717, 1.165) is 49.2 Å². The molecule has 0 radical (unpaired) electrons. The van der Waals surface area contributed by atoms with Gasteiger partial charge in [-0.3, -0.25) is 9.59 Å². The van der Waals surface area contributed by atoms with E-state index in [1.165, 1.54) is 11.3 Å². The number of anilines is 2. The largest absolute Gasteiger partial charge is 0.486 e. The van der Waals surface area contributed by atoms with Gasteiger partial charge >= 0.3 is 5.97 Å². The minimum atomic E-state index is -0.887. The second-order valence-electron chi connectivity index (χ2n) is 12.4. The van der Waals surface area contributed by atoms with Crippen LogP contribution in [-0.2, 0) is 20.9 Å². The summed E-state index contributed by atoms with van der Waals surface area (Å²) in [6.07, 6.45) is 4.59. The topological polar surface area (TPSA) is 130 Å². The molecule has 1 aromatic carbocycles. The fourth-order valence-corrected chi connectivity index (χ4v) is 8.19. The highest BCUT2D eigenvalue weighted by molar-refractivity contribution is 7.14. The molecule has 4 unspecified atom stereocenters. The highest BCUT2D eigenvalue weighted by Crippen LogP contribution is 2.34. The lowest BCUT2D eigenvalue weighted by Crippen LogP contribution is -2.48. The molecule has 1 amide bonds. The second-order valence-corrected chi connectivity index (χ2v) is 14.1. The van der Waals surface area contributed by atoms with Gasteiger partial charge in [0.15, 0.2) is 21.8 Å². The molecule has 0 spiro atoms. The molecule has 246 valence electrons. The van der Waals surface area contributed by atoms with Crippen LogP contribution in [-0.4, -0.2) is 96.9 Å². The van der Waals surface area contributed by atoms with Crippen molar-refractivity contribution >= 4 is 44.8 Å². The average Bonchev–Trinajstić information content (AvgIpc) is 3.92. The number of aliphatic hydroxyl groups excluding tert-OH is 1. The quantitative estimate of drug-likeness (QED) is 0.293. The molecule has 7 rings (SSSR count). The maximum absolute atomic E-state index is 13.6. The monoisotopic (exact) mass is 668 g/mol. The van der Waals surface area contributed by atoms with Crippen LogP contribution in [0.5, 0.6) is 11.5 Å². The number of amides is 1. The fourth-order valence-electron chi connectivity index (χ4n) is 6.66. The summed E-state index contributed by atoms with van der Waals surface area (Å²) in [5, 5.41) is 20.3. The van der Waals surface area contributed by atoms with Crippen molar-refractivity contribution in [2.24, 2.45) is 11.8 Å². The number of nitrogens with zero attached hydrogens (tertiary/aromatic N) is 5. The Bertz CT molecular complexity index is 1500. The maximum atomic E-state index is 13.6. The molecule has 6 heterocycles. The number of esters is 1. The molecule has 3 saturated heterocycles. The number of likely N-dealkylation sites (tertiary alicyclic amines) is 1. The van der Waals surface area contributed by atoms with E-state index in [0.29, 0.717) is 68.6 Å². The van der Waals surface area contributed by atoms with Crippen LogP contribution in [0.4, 0.5) is 10.3 Å². The van der Waals surface area contributed by atoms with Crippen molar-refractivity contribution in [3.63, 3.8) is 0 Å². The molecule has 12 nitrogen and oxygen atoms in total.